The van der Waals surface area contributed by atoms with Gasteiger partial charge in [-0.2, -0.15) is 0 Å². The number of carbonyl (C=O) groups is 1. The zero-order valence-corrected chi connectivity index (χ0v) is 14.8. The van der Waals surface area contributed by atoms with E-state index in [2.05, 4.69) is 19.1 Å². The first-order valence-electron chi connectivity index (χ1n) is 8.25. The third-order valence-corrected chi connectivity index (χ3v) is 4.00. The number of hydrogen-bond donors (Lipinski definition) is 0. The summed E-state index contributed by atoms with van der Waals surface area (Å²) in [6, 6.07) is 13.5. The molecule has 0 aliphatic carbocycles. The van der Waals surface area contributed by atoms with Gasteiger partial charge in [-0.1, -0.05) is 24.3 Å². The van der Waals surface area contributed by atoms with Gasteiger partial charge in [0.25, 0.3) is 5.91 Å². The molecule has 0 saturated heterocycles. The van der Waals surface area contributed by atoms with Crippen molar-refractivity contribution in [1.82, 2.24) is 4.90 Å². The van der Waals surface area contributed by atoms with Gasteiger partial charge in [0, 0.05) is 18.7 Å². The lowest BCUT2D eigenvalue weighted by atomic mass is 10.1. The van der Waals surface area contributed by atoms with Crippen molar-refractivity contribution in [1.29, 1.82) is 0 Å². The SMILES string of the molecule is CCOc1ccc(C(=O)N(CC)Cc2ccccc2C)cc1OC. The molecule has 0 heterocycles. The van der Waals surface area contributed by atoms with E-state index in [1.54, 1.807) is 25.3 Å². The van der Waals surface area contributed by atoms with Crippen molar-refractivity contribution >= 4 is 5.91 Å². The number of nitrogens with zero attached hydrogens (tertiary/aromatic N) is 1. The fraction of sp³-hybridized carbons (Fsp3) is 0.350. The molecule has 0 aliphatic rings. The first-order valence-corrected chi connectivity index (χ1v) is 8.25. The van der Waals surface area contributed by atoms with E-state index in [9.17, 15) is 4.79 Å². The molecule has 2 rings (SSSR count). The molecule has 24 heavy (non-hydrogen) atoms. The summed E-state index contributed by atoms with van der Waals surface area (Å²) in [7, 11) is 1.58. The topological polar surface area (TPSA) is 38.8 Å². The van der Waals surface area contributed by atoms with Crippen molar-refractivity contribution in [3.05, 3.63) is 59.2 Å². The summed E-state index contributed by atoms with van der Waals surface area (Å²) >= 11 is 0. The molecule has 1 amide bonds. The fourth-order valence-electron chi connectivity index (χ4n) is 2.58. The summed E-state index contributed by atoms with van der Waals surface area (Å²) < 4.78 is 10.9. The summed E-state index contributed by atoms with van der Waals surface area (Å²) in [4.78, 5) is 14.7. The predicted molar refractivity (Wildman–Crippen MR) is 95.8 cm³/mol. The van der Waals surface area contributed by atoms with Crippen molar-refractivity contribution in [2.45, 2.75) is 27.3 Å². The molecule has 0 atom stereocenters. The minimum absolute atomic E-state index is 0.0119. The van der Waals surface area contributed by atoms with Crippen LogP contribution in [0.5, 0.6) is 11.5 Å². The Morgan fingerprint density at radius 2 is 1.83 bits per heavy atom. The van der Waals surface area contributed by atoms with Crippen LogP contribution in [0, 0.1) is 6.92 Å². The lowest BCUT2D eigenvalue weighted by Crippen LogP contribution is -2.30. The highest BCUT2D eigenvalue weighted by Gasteiger charge is 2.17. The largest absolute Gasteiger partial charge is 0.493 e. The van der Waals surface area contributed by atoms with Gasteiger partial charge in [-0.25, -0.2) is 0 Å². The molecule has 0 saturated carbocycles. The summed E-state index contributed by atoms with van der Waals surface area (Å²) in [6.07, 6.45) is 0. The van der Waals surface area contributed by atoms with E-state index in [4.69, 9.17) is 9.47 Å². The normalized spacial score (nSPS) is 10.3. The van der Waals surface area contributed by atoms with E-state index in [1.807, 2.05) is 30.9 Å². The van der Waals surface area contributed by atoms with E-state index < -0.39 is 0 Å². The Morgan fingerprint density at radius 1 is 1.08 bits per heavy atom. The van der Waals surface area contributed by atoms with Gasteiger partial charge < -0.3 is 14.4 Å². The highest BCUT2D eigenvalue weighted by molar-refractivity contribution is 5.95. The lowest BCUT2D eigenvalue weighted by molar-refractivity contribution is 0.0752. The third kappa shape index (κ3) is 4.07. The quantitative estimate of drug-likeness (QED) is 0.769. The number of benzene rings is 2. The Hall–Kier alpha value is -2.49. The molecule has 0 spiro atoms. The van der Waals surface area contributed by atoms with E-state index in [0.717, 1.165) is 5.56 Å². The molecule has 0 aliphatic heterocycles. The molecule has 0 bridgehead atoms. The van der Waals surface area contributed by atoms with Crippen LogP contribution in [-0.2, 0) is 6.54 Å². The van der Waals surface area contributed by atoms with E-state index in [-0.39, 0.29) is 5.91 Å². The molecule has 0 aromatic heterocycles. The monoisotopic (exact) mass is 327 g/mol. The minimum atomic E-state index is -0.0119. The van der Waals surface area contributed by atoms with Gasteiger partial charge in [0.1, 0.15) is 0 Å². The second kappa shape index (κ2) is 8.39. The molecule has 0 N–H and O–H groups in total. The van der Waals surface area contributed by atoms with E-state index >= 15 is 0 Å². The number of aryl methyl sites for hydroxylation is 1. The number of ether oxygens (including phenoxy) is 2. The van der Waals surface area contributed by atoms with Gasteiger partial charge in [-0.15, -0.1) is 0 Å². The van der Waals surface area contributed by atoms with Gasteiger partial charge in [-0.3, -0.25) is 4.79 Å². The van der Waals surface area contributed by atoms with Crippen LogP contribution in [0.15, 0.2) is 42.5 Å². The first kappa shape index (κ1) is 17.9. The van der Waals surface area contributed by atoms with Crippen molar-refractivity contribution in [3.63, 3.8) is 0 Å². The van der Waals surface area contributed by atoms with Crippen LogP contribution in [-0.4, -0.2) is 31.1 Å². The average Bonchev–Trinajstić information content (AvgIpc) is 2.61. The standard InChI is InChI=1S/C20H25NO3/c1-5-21(14-17-10-8-7-9-15(17)3)20(22)16-11-12-18(24-6-2)19(13-16)23-4/h7-13H,5-6,14H2,1-4H3. The van der Waals surface area contributed by atoms with Crippen LogP contribution in [0.3, 0.4) is 0 Å². The molecule has 2 aromatic carbocycles. The van der Waals surface area contributed by atoms with E-state index in [0.29, 0.717) is 36.8 Å². The Labute approximate surface area is 144 Å². The molecule has 0 fully saturated rings. The summed E-state index contributed by atoms with van der Waals surface area (Å²) in [5.41, 5.74) is 2.95. The summed E-state index contributed by atoms with van der Waals surface area (Å²) in [5, 5.41) is 0. The van der Waals surface area contributed by atoms with Gasteiger partial charge in [-0.05, 0) is 50.1 Å². The van der Waals surface area contributed by atoms with Crippen molar-refractivity contribution < 1.29 is 14.3 Å². The number of hydrogen-bond acceptors (Lipinski definition) is 3. The first-order chi connectivity index (χ1) is 11.6. The van der Waals surface area contributed by atoms with Crippen LogP contribution in [0.4, 0.5) is 0 Å². The van der Waals surface area contributed by atoms with Gasteiger partial charge >= 0.3 is 0 Å². The van der Waals surface area contributed by atoms with Gasteiger partial charge in [0.2, 0.25) is 0 Å². The summed E-state index contributed by atoms with van der Waals surface area (Å²) in [5.74, 6) is 1.22. The van der Waals surface area contributed by atoms with Crippen LogP contribution in [0.2, 0.25) is 0 Å². The second-order valence-electron chi connectivity index (χ2n) is 5.54. The molecule has 0 radical (unpaired) electrons. The van der Waals surface area contributed by atoms with Crippen LogP contribution >= 0.6 is 0 Å². The highest BCUT2D eigenvalue weighted by Crippen LogP contribution is 2.28. The van der Waals surface area contributed by atoms with Crippen LogP contribution < -0.4 is 9.47 Å². The Bertz CT molecular complexity index is 697. The molecule has 4 heteroatoms. The maximum absolute atomic E-state index is 12.9. The number of amides is 1. The van der Waals surface area contributed by atoms with Crippen molar-refractivity contribution in [3.8, 4) is 11.5 Å². The third-order valence-electron chi connectivity index (χ3n) is 4.00. The molecular formula is C20H25NO3. The fourth-order valence-corrected chi connectivity index (χ4v) is 2.58. The zero-order valence-electron chi connectivity index (χ0n) is 14.8. The van der Waals surface area contributed by atoms with Gasteiger partial charge in [0.05, 0.1) is 13.7 Å². The van der Waals surface area contributed by atoms with Crippen molar-refractivity contribution in [2.75, 3.05) is 20.3 Å². The maximum atomic E-state index is 12.9. The number of carbonyl (C=O) groups excluding carboxylic acids is 1. The van der Waals surface area contributed by atoms with Crippen molar-refractivity contribution in [2.24, 2.45) is 0 Å². The van der Waals surface area contributed by atoms with Crippen LogP contribution in [0.25, 0.3) is 0 Å². The lowest BCUT2D eigenvalue weighted by Gasteiger charge is -2.22. The Kier molecular flexibility index (Phi) is 6.24. The molecule has 128 valence electrons. The minimum Gasteiger partial charge on any atom is -0.493 e. The molecule has 0 unspecified atom stereocenters. The average molecular weight is 327 g/mol. The predicted octanol–water partition coefficient (Wildman–Crippen LogP) is 4.06. The Morgan fingerprint density at radius 3 is 2.46 bits per heavy atom. The number of methoxy groups -OCH3 is 1. The maximum Gasteiger partial charge on any atom is 0.254 e. The smallest absolute Gasteiger partial charge is 0.254 e. The second-order valence-corrected chi connectivity index (χ2v) is 5.54. The van der Waals surface area contributed by atoms with Gasteiger partial charge in [0.15, 0.2) is 11.5 Å². The zero-order chi connectivity index (χ0) is 17.5. The molecular weight excluding hydrogens is 302 g/mol. The highest BCUT2D eigenvalue weighted by atomic mass is 16.5. The molecule has 4 nitrogen and oxygen atoms in total. The Balaban J connectivity index is 2.23. The summed E-state index contributed by atoms with van der Waals surface area (Å²) in [6.45, 7) is 7.76. The van der Waals surface area contributed by atoms with Crippen LogP contribution in [0.1, 0.15) is 35.3 Å². The number of rotatable bonds is 7. The molecule has 2 aromatic rings. The van der Waals surface area contributed by atoms with E-state index in [1.165, 1.54) is 5.56 Å².